The highest BCUT2D eigenvalue weighted by atomic mass is 32.1. The summed E-state index contributed by atoms with van der Waals surface area (Å²) in [5.41, 5.74) is -0.629. The van der Waals surface area contributed by atoms with Crippen LogP contribution in [0.2, 0.25) is 0 Å². The second kappa shape index (κ2) is 5.52. The minimum Gasteiger partial charge on any atom is -0.481 e. The number of nitrogens with one attached hydrogen (secondary N) is 2. The van der Waals surface area contributed by atoms with Gasteiger partial charge >= 0.3 is 12.0 Å². The van der Waals surface area contributed by atoms with Crippen molar-refractivity contribution in [1.29, 1.82) is 0 Å². The molecule has 1 saturated carbocycles. The third-order valence-corrected chi connectivity index (χ3v) is 3.90. The maximum Gasteiger partial charge on any atom is 0.321 e. The van der Waals surface area contributed by atoms with E-state index in [0.29, 0.717) is 23.8 Å². The molecule has 0 spiro atoms. The molecule has 0 atom stereocenters. The molecular weight excluding hydrogens is 268 g/mol. The van der Waals surface area contributed by atoms with Gasteiger partial charge in [0.2, 0.25) is 5.13 Å². The predicted molar refractivity (Wildman–Crippen MR) is 70.3 cm³/mol. The second-order valence-electron chi connectivity index (χ2n) is 4.78. The molecule has 0 saturated heterocycles. The highest BCUT2D eigenvalue weighted by Crippen LogP contribution is 2.32. The van der Waals surface area contributed by atoms with Crippen LogP contribution in [0.4, 0.5) is 9.93 Å². The zero-order valence-corrected chi connectivity index (χ0v) is 11.4. The summed E-state index contributed by atoms with van der Waals surface area (Å²) in [4.78, 5) is 26.8. The van der Waals surface area contributed by atoms with Crippen LogP contribution in [0.1, 0.15) is 37.9 Å². The van der Waals surface area contributed by atoms with Gasteiger partial charge in [-0.05, 0) is 19.8 Å². The third-order valence-electron chi connectivity index (χ3n) is 3.18. The molecule has 0 aliphatic heterocycles. The molecule has 1 aromatic heterocycles. The number of hydrogen-bond donors (Lipinski definition) is 3. The van der Waals surface area contributed by atoms with Gasteiger partial charge in [0, 0.05) is 11.5 Å². The number of aliphatic carboxylic acids is 1. The van der Waals surface area contributed by atoms with Gasteiger partial charge in [0.1, 0.15) is 5.82 Å². The van der Waals surface area contributed by atoms with E-state index in [0.717, 1.165) is 24.4 Å². The van der Waals surface area contributed by atoms with Crippen LogP contribution in [0.3, 0.4) is 0 Å². The summed E-state index contributed by atoms with van der Waals surface area (Å²) in [6.07, 6.45) is 3.22. The summed E-state index contributed by atoms with van der Waals surface area (Å²) in [6.45, 7) is 1.74. The van der Waals surface area contributed by atoms with Crippen LogP contribution < -0.4 is 10.6 Å². The van der Waals surface area contributed by atoms with Crippen molar-refractivity contribution in [2.75, 3.05) is 5.32 Å². The molecule has 0 unspecified atom stereocenters. The van der Waals surface area contributed by atoms with Gasteiger partial charge in [0.05, 0.1) is 12.0 Å². The first kappa shape index (κ1) is 13.7. The molecule has 1 heterocycles. The van der Waals surface area contributed by atoms with E-state index in [4.69, 9.17) is 5.11 Å². The van der Waals surface area contributed by atoms with Crippen molar-refractivity contribution in [2.45, 2.75) is 44.6 Å². The first-order chi connectivity index (χ1) is 8.99. The molecule has 3 N–H and O–H groups in total. The van der Waals surface area contributed by atoms with Crippen LogP contribution >= 0.6 is 11.5 Å². The molecule has 1 aliphatic carbocycles. The number of carboxylic acids is 1. The summed E-state index contributed by atoms with van der Waals surface area (Å²) in [7, 11) is 0. The van der Waals surface area contributed by atoms with Gasteiger partial charge in [-0.15, -0.1) is 0 Å². The van der Waals surface area contributed by atoms with E-state index in [-0.39, 0.29) is 6.42 Å². The lowest BCUT2D eigenvalue weighted by Gasteiger charge is -2.28. The topological polar surface area (TPSA) is 104 Å². The van der Waals surface area contributed by atoms with E-state index in [1.165, 1.54) is 0 Å². The summed E-state index contributed by atoms with van der Waals surface area (Å²) < 4.78 is 3.96. The second-order valence-corrected chi connectivity index (χ2v) is 5.54. The van der Waals surface area contributed by atoms with Crippen LogP contribution in [0.15, 0.2) is 0 Å². The Bertz CT molecular complexity index is 482. The van der Waals surface area contributed by atoms with E-state index >= 15 is 0 Å². The zero-order chi connectivity index (χ0) is 13.9. The summed E-state index contributed by atoms with van der Waals surface area (Å²) in [5.74, 6) is -0.296. The summed E-state index contributed by atoms with van der Waals surface area (Å²) in [6, 6.07) is -0.417. The molecule has 1 aliphatic rings. The number of carbonyl (C=O) groups is 2. The van der Waals surface area contributed by atoms with E-state index in [1.807, 2.05) is 0 Å². The molecule has 2 amide bonds. The smallest absolute Gasteiger partial charge is 0.321 e. The number of amides is 2. The Hall–Kier alpha value is -1.70. The summed E-state index contributed by atoms with van der Waals surface area (Å²) >= 11 is 1.10. The number of anilines is 1. The molecule has 0 aromatic carbocycles. The first-order valence-electron chi connectivity index (χ1n) is 6.10. The predicted octanol–water partition coefficient (Wildman–Crippen LogP) is 1.76. The number of aryl methyl sites for hydroxylation is 1. The normalized spacial score (nSPS) is 17.1. The minimum atomic E-state index is -0.894. The number of carboxylic acid groups (broad SMARTS) is 1. The monoisotopic (exact) mass is 284 g/mol. The van der Waals surface area contributed by atoms with Gasteiger partial charge in [-0.2, -0.15) is 4.37 Å². The van der Waals surface area contributed by atoms with Gasteiger partial charge in [-0.1, -0.05) is 12.8 Å². The van der Waals surface area contributed by atoms with Gasteiger partial charge in [0.25, 0.3) is 0 Å². The van der Waals surface area contributed by atoms with Crippen LogP contribution in [-0.2, 0) is 4.79 Å². The largest absolute Gasteiger partial charge is 0.481 e. The Morgan fingerprint density at radius 3 is 2.63 bits per heavy atom. The highest BCUT2D eigenvalue weighted by Gasteiger charge is 2.37. The number of nitrogens with zero attached hydrogens (tertiary/aromatic N) is 2. The number of hydrogen-bond acceptors (Lipinski definition) is 5. The SMILES string of the molecule is Cc1nsc(NC(=O)NC2(CC(=O)O)CCCC2)n1. The molecular formula is C11H16N4O3S. The number of aromatic nitrogens is 2. The molecule has 19 heavy (non-hydrogen) atoms. The average molecular weight is 284 g/mol. The number of urea groups is 1. The molecule has 0 bridgehead atoms. The Morgan fingerprint density at radius 2 is 2.11 bits per heavy atom. The van der Waals surface area contributed by atoms with Crippen molar-refractivity contribution in [3.05, 3.63) is 5.82 Å². The van der Waals surface area contributed by atoms with Crippen LogP contribution in [0.25, 0.3) is 0 Å². The standard InChI is InChI=1S/C11H16N4O3S/c1-7-12-10(19-15-7)13-9(18)14-11(6-8(16)17)4-2-3-5-11/h2-6H2,1H3,(H,16,17)(H2,12,13,14,15,18). The fourth-order valence-corrected chi connectivity index (χ4v) is 2.97. The summed E-state index contributed by atoms with van der Waals surface area (Å²) in [5, 5.41) is 14.7. The van der Waals surface area contributed by atoms with Crippen molar-refractivity contribution in [3.63, 3.8) is 0 Å². The highest BCUT2D eigenvalue weighted by molar-refractivity contribution is 7.09. The van der Waals surface area contributed by atoms with E-state index in [9.17, 15) is 9.59 Å². The van der Waals surface area contributed by atoms with Crippen LogP contribution in [-0.4, -0.2) is 32.0 Å². The van der Waals surface area contributed by atoms with Crippen molar-refractivity contribution < 1.29 is 14.7 Å². The molecule has 104 valence electrons. The zero-order valence-electron chi connectivity index (χ0n) is 10.6. The molecule has 0 radical (unpaired) electrons. The molecule has 1 aromatic rings. The quantitative estimate of drug-likeness (QED) is 0.781. The van der Waals surface area contributed by atoms with Crippen molar-refractivity contribution in [2.24, 2.45) is 0 Å². The lowest BCUT2D eigenvalue weighted by molar-refractivity contribution is -0.138. The Morgan fingerprint density at radius 1 is 1.42 bits per heavy atom. The molecule has 2 rings (SSSR count). The van der Waals surface area contributed by atoms with Crippen molar-refractivity contribution in [1.82, 2.24) is 14.7 Å². The number of rotatable bonds is 4. The molecule has 1 fully saturated rings. The van der Waals surface area contributed by atoms with E-state index in [2.05, 4.69) is 20.0 Å². The van der Waals surface area contributed by atoms with Gasteiger partial charge in [0.15, 0.2) is 0 Å². The lowest BCUT2D eigenvalue weighted by Crippen LogP contribution is -2.49. The first-order valence-corrected chi connectivity index (χ1v) is 6.88. The Kier molecular flexibility index (Phi) is 3.98. The van der Waals surface area contributed by atoms with Gasteiger partial charge < -0.3 is 10.4 Å². The van der Waals surface area contributed by atoms with Crippen LogP contribution in [0.5, 0.6) is 0 Å². The maximum atomic E-state index is 11.9. The average Bonchev–Trinajstić information content (AvgIpc) is 2.87. The number of carbonyl (C=O) groups excluding carboxylic acids is 1. The lowest BCUT2D eigenvalue weighted by atomic mass is 9.93. The Balaban J connectivity index is 1.97. The van der Waals surface area contributed by atoms with Gasteiger partial charge in [-0.3, -0.25) is 10.1 Å². The fourth-order valence-electron chi connectivity index (χ4n) is 2.40. The van der Waals surface area contributed by atoms with Crippen molar-refractivity contribution >= 4 is 28.7 Å². The third kappa shape index (κ3) is 3.63. The molecule has 7 nitrogen and oxygen atoms in total. The van der Waals surface area contributed by atoms with Gasteiger partial charge in [-0.25, -0.2) is 9.78 Å². The fraction of sp³-hybridized carbons (Fsp3) is 0.636. The minimum absolute atomic E-state index is 0.0461. The molecule has 8 heteroatoms. The van der Waals surface area contributed by atoms with E-state index in [1.54, 1.807) is 6.92 Å². The Labute approximate surface area is 114 Å². The van der Waals surface area contributed by atoms with Crippen molar-refractivity contribution in [3.8, 4) is 0 Å². The van der Waals surface area contributed by atoms with Crippen LogP contribution in [0, 0.1) is 6.92 Å². The maximum absolute atomic E-state index is 11.9. The van der Waals surface area contributed by atoms with E-state index < -0.39 is 17.5 Å².